The Morgan fingerprint density at radius 2 is 1.77 bits per heavy atom. The van der Waals surface area contributed by atoms with Gasteiger partial charge in [0.25, 0.3) is 0 Å². The highest BCUT2D eigenvalue weighted by molar-refractivity contribution is 5.79. The molecule has 0 bridgehead atoms. The first-order valence-electron chi connectivity index (χ1n) is 8.77. The zero-order chi connectivity index (χ0) is 18.1. The lowest BCUT2D eigenvalue weighted by Gasteiger charge is -2.11. The maximum atomic E-state index is 4.64. The highest BCUT2D eigenvalue weighted by atomic mass is 14.9. The summed E-state index contributed by atoms with van der Waals surface area (Å²) in [5.74, 6) is 0.868. The lowest BCUT2D eigenvalue weighted by molar-refractivity contribution is 1.18. The van der Waals surface area contributed by atoms with E-state index >= 15 is 0 Å². The van der Waals surface area contributed by atoms with E-state index in [0.29, 0.717) is 0 Å². The first-order valence-corrected chi connectivity index (χ1v) is 8.77. The summed E-state index contributed by atoms with van der Waals surface area (Å²) in [5.41, 5.74) is 9.40. The molecule has 2 aromatic carbocycles. The Kier molecular flexibility index (Phi) is 4.13. The number of aromatic nitrogens is 3. The molecule has 0 unspecified atom stereocenters. The predicted molar refractivity (Wildman–Crippen MR) is 108 cm³/mol. The lowest BCUT2D eigenvalue weighted by atomic mass is 9.94. The van der Waals surface area contributed by atoms with Crippen molar-refractivity contribution in [3.05, 3.63) is 84.2 Å². The third-order valence-electron chi connectivity index (χ3n) is 4.91. The van der Waals surface area contributed by atoms with E-state index in [1.165, 1.54) is 27.8 Å². The molecule has 0 aliphatic heterocycles. The molecule has 0 aliphatic carbocycles. The molecular weight excluding hydrogens is 318 g/mol. The fraction of sp³-hybridized carbons (Fsp3) is 0.130. The van der Waals surface area contributed by atoms with Gasteiger partial charge in [0, 0.05) is 11.8 Å². The van der Waals surface area contributed by atoms with Gasteiger partial charge >= 0.3 is 0 Å². The number of nitrogens with zero attached hydrogens (tertiary/aromatic N) is 2. The predicted octanol–water partition coefficient (Wildman–Crippen LogP) is 5.64. The van der Waals surface area contributed by atoms with Crippen LogP contribution in [0.1, 0.15) is 16.7 Å². The van der Waals surface area contributed by atoms with Crippen molar-refractivity contribution in [2.45, 2.75) is 20.3 Å². The van der Waals surface area contributed by atoms with Crippen molar-refractivity contribution in [1.29, 1.82) is 0 Å². The zero-order valence-corrected chi connectivity index (χ0v) is 15.1. The van der Waals surface area contributed by atoms with Gasteiger partial charge in [-0.2, -0.15) is 0 Å². The molecule has 0 aliphatic rings. The maximum Gasteiger partial charge on any atom is 0.138 e. The van der Waals surface area contributed by atoms with Gasteiger partial charge in [-0.25, -0.2) is 4.98 Å². The van der Waals surface area contributed by atoms with E-state index in [-0.39, 0.29) is 0 Å². The number of fused-ring (bicyclic) bond motifs is 1. The monoisotopic (exact) mass is 339 g/mol. The highest BCUT2D eigenvalue weighted by Gasteiger charge is 2.08. The van der Waals surface area contributed by atoms with Crippen LogP contribution in [0, 0.1) is 13.8 Å². The van der Waals surface area contributed by atoms with Crippen molar-refractivity contribution in [1.82, 2.24) is 15.0 Å². The molecule has 0 amide bonds. The largest absolute Gasteiger partial charge is 0.337 e. The van der Waals surface area contributed by atoms with E-state index in [1.54, 1.807) is 12.4 Å². The number of benzene rings is 2. The second kappa shape index (κ2) is 6.60. The van der Waals surface area contributed by atoms with E-state index in [2.05, 4.69) is 71.8 Å². The van der Waals surface area contributed by atoms with Gasteiger partial charge < -0.3 is 4.98 Å². The van der Waals surface area contributed by atoms with E-state index in [9.17, 15) is 0 Å². The molecule has 128 valence electrons. The van der Waals surface area contributed by atoms with Crippen LogP contribution in [0.4, 0.5) is 0 Å². The summed E-state index contributed by atoms with van der Waals surface area (Å²) >= 11 is 0. The quantitative estimate of drug-likeness (QED) is 0.489. The summed E-state index contributed by atoms with van der Waals surface area (Å²) in [5, 5.41) is 0. The minimum Gasteiger partial charge on any atom is -0.337 e. The highest BCUT2D eigenvalue weighted by Crippen LogP contribution is 2.28. The number of aryl methyl sites for hydroxylation is 1. The normalized spacial score (nSPS) is 11.0. The minimum atomic E-state index is 0.868. The van der Waals surface area contributed by atoms with Crippen LogP contribution in [0.3, 0.4) is 0 Å². The molecule has 0 saturated heterocycles. The number of aromatic amines is 1. The van der Waals surface area contributed by atoms with Crippen LogP contribution in [0.2, 0.25) is 0 Å². The lowest BCUT2D eigenvalue weighted by Crippen LogP contribution is -1.93. The van der Waals surface area contributed by atoms with Crippen LogP contribution in [-0.4, -0.2) is 15.0 Å². The Labute approximate surface area is 153 Å². The first kappa shape index (κ1) is 16.3. The number of hydrogen-bond acceptors (Lipinski definition) is 2. The van der Waals surface area contributed by atoms with Gasteiger partial charge in [0.05, 0.1) is 17.2 Å². The van der Waals surface area contributed by atoms with Gasteiger partial charge in [0.2, 0.25) is 0 Å². The van der Waals surface area contributed by atoms with Gasteiger partial charge in [0.1, 0.15) is 5.82 Å². The number of H-pyrrole nitrogens is 1. The number of rotatable bonds is 4. The summed E-state index contributed by atoms with van der Waals surface area (Å²) < 4.78 is 0. The summed E-state index contributed by atoms with van der Waals surface area (Å²) in [6.07, 6.45) is 6.42. The van der Waals surface area contributed by atoms with Gasteiger partial charge in [-0.3, -0.25) is 4.98 Å². The van der Waals surface area contributed by atoms with E-state index in [0.717, 1.165) is 28.8 Å². The van der Waals surface area contributed by atoms with E-state index < -0.39 is 0 Å². The molecule has 2 heterocycles. The van der Waals surface area contributed by atoms with E-state index in [4.69, 9.17) is 0 Å². The Hall–Kier alpha value is -3.20. The fourth-order valence-electron chi connectivity index (χ4n) is 3.28. The molecule has 0 saturated carbocycles. The second-order valence-corrected chi connectivity index (χ2v) is 6.63. The Morgan fingerprint density at radius 1 is 1.00 bits per heavy atom. The van der Waals surface area contributed by atoms with Gasteiger partial charge in [-0.05, 0) is 54.2 Å². The van der Waals surface area contributed by atoms with Gasteiger partial charge in [0.15, 0.2) is 0 Å². The van der Waals surface area contributed by atoms with Crippen molar-refractivity contribution in [3.8, 4) is 22.5 Å². The molecule has 0 fully saturated rings. The van der Waals surface area contributed by atoms with Crippen molar-refractivity contribution in [3.63, 3.8) is 0 Å². The minimum absolute atomic E-state index is 0.868. The number of imidazole rings is 1. The Balaban J connectivity index is 1.70. The molecule has 1 N–H and O–H groups in total. The third kappa shape index (κ3) is 2.93. The van der Waals surface area contributed by atoms with Crippen molar-refractivity contribution in [2.24, 2.45) is 0 Å². The first-order chi connectivity index (χ1) is 12.7. The molecule has 26 heavy (non-hydrogen) atoms. The summed E-state index contributed by atoms with van der Waals surface area (Å²) in [7, 11) is 0. The molecule has 4 rings (SSSR count). The second-order valence-electron chi connectivity index (χ2n) is 6.63. The molecule has 0 spiro atoms. The molecule has 0 radical (unpaired) electrons. The number of hydrogen-bond donors (Lipinski definition) is 1. The van der Waals surface area contributed by atoms with Crippen LogP contribution >= 0.6 is 0 Å². The molecule has 2 aromatic heterocycles. The molecular formula is C23H21N3. The summed E-state index contributed by atoms with van der Waals surface area (Å²) in [6, 6.07) is 15.0. The van der Waals surface area contributed by atoms with Crippen molar-refractivity contribution >= 4 is 11.0 Å². The third-order valence-corrected chi connectivity index (χ3v) is 4.91. The Morgan fingerprint density at radius 3 is 2.50 bits per heavy atom. The number of pyridine rings is 1. The average molecular weight is 339 g/mol. The molecule has 3 nitrogen and oxygen atoms in total. The molecule has 0 atom stereocenters. The molecule has 4 aromatic rings. The average Bonchev–Trinajstić information content (AvgIpc) is 3.10. The van der Waals surface area contributed by atoms with E-state index in [1.807, 2.05) is 12.1 Å². The van der Waals surface area contributed by atoms with Crippen LogP contribution in [0.5, 0.6) is 0 Å². The van der Waals surface area contributed by atoms with Gasteiger partial charge in [-0.15, -0.1) is 6.58 Å². The SMILES string of the molecule is C=CCc1cc(-c2ccc(-c3nc4ccncc4[nH]3)cc2)cc(C)c1C. The number of allylic oxidation sites excluding steroid dienone is 1. The molecule has 3 heteroatoms. The van der Waals surface area contributed by atoms with Crippen LogP contribution < -0.4 is 0 Å². The Bertz CT molecular complexity index is 1060. The number of nitrogens with one attached hydrogen (secondary N) is 1. The zero-order valence-electron chi connectivity index (χ0n) is 15.1. The van der Waals surface area contributed by atoms with Crippen LogP contribution in [0.25, 0.3) is 33.5 Å². The summed E-state index contributed by atoms with van der Waals surface area (Å²) in [4.78, 5) is 12.1. The van der Waals surface area contributed by atoms with Crippen LogP contribution in [-0.2, 0) is 6.42 Å². The van der Waals surface area contributed by atoms with Crippen molar-refractivity contribution < 1.29 is 0 Å². The summed E-state index contributed by atoms with van der Waals surface area (Å²) in [6.45, 7) is 8.22. The van der Waals surface area contributed by atoms with Crippen LogP contribution in [0.15, 0.2) is 67.5 Å². The smallest absolute Gasteiger partial charge is 0.138 e. The van der Waals surface area contributed by atoms with Gasteiger partial charge in [-0.1, -0.05) is 42.5 Å². The maximum absolute atomic E-state index is 4.64. The standard InChI is InChI=1S/C23H21N3/c1-4-5-19-13-20(12-15(2)16(19)3)17-6-8-18(9-7-17)23-25-21-10-11-24-14-22(21)26-23/h4,6-14H,1,5H2,2-3H3,(H,25,26). The fourth-order valence-corrected chi connectivity index (χ4v) is 3.28. The van der Waals surface area contributed by atoms with Crippen molar-refractivity contribution in [2.75, 3.05) is 0 Å². The topological polar surface area (TPSA) is 41.6 Å².